The maximum absolute atomic E-state index is 10.9. The predicted molar refractivity (Wildman–Crippen MR) is 87.7 cm³/mol. The monoisotopic (exact) mass is 392 g/mol. The average molecular weight is 393 g/mol. The van der Waals surface area contributed by atoms with Crippen LogP contribution in [0.2, 0.25) is 0 Å². The van der Waals surface area contributed by atoms with Gasteiger partial charge in [-0.2, -0.15) is 24.3 Å². The van der Waals surface area contributed by atoms with Gasteiger partial charge in [-0.05, 0) is 13.8 Å². The summed E-state index contributed by atoms with van der Waals surface area (Å²) in [5, 5.41) is 0. The van der Waals surface area contributed by atoms with Crippen LogP contribution in [0, 0.1) is 0 Å². The van der Waals surface area contributed by atoms with Gasteiger partial charge in [0.1, 0.15) is 0 Å². The van der Waals surface area contributed by atoms with E-state index in [4.69, 9.17) is 28.1 Å². The van der Waals surface area contributed by atoms with Crippen LogP contribution in [-0.4, -0.2) is 25.2 Å². The fourth-order valence-electron chi connectivity index (χ4n) is 1.45. The number of hydrogen-bond donors (Lipinski definition) is 0. The molecule has 0 fully saturated rings. The number of halogens is 2. The number of esters is 2. The summed E-state index contributed by atoms with van der Waals surface area (Å²) < 4.78 is 9.49. The molecule has 0 aliphatic carbocycles. The van der Waals surface area contributed by atoms with Gasteiger partial charge in [-0.15, -0.1) is 0 Å². The molecule has 0 amide bonds. The van der Waals surface area contributed by atoms with Crippen LogP contribution < -0.4 is 0 Å². The summed E-state index contributed by atoms with van der Waals surface area (Å²) in [5.74, 6) is -0.486. The Bertz CT molecular complexity index is 476. The van der Waals surface area contributed by atoms with Gasteiger partial charge in [0, 0.05) is 0 Å². The third-order valence-electron chi connectivity index (χ3n) is 2.35. The molecule has 0 atom stereocenters. The Kier molecular flexibility index (Phi) is 13.8. The van der Waals surface area contributed by atoms with E-state index in [0.717, 1.165) is 0 Å². The molecule has 0 radical (unpaired) electrons. The van der Waals surface area contributed by atoms with E-state index in [-0.39, 0.29) is 11.9 Å². The van der Waals surface area contributed by atoms with E-state index in [1.165, 1.54) is 0 Å². The summed E-state index contributed by atoms with van der Waals surface area (Å²) in [7, 11) is 9.78. The summed E-state index contributed by atoms with van der Waals surface area (Å²) in [6, 6.07) is 14.2. The molecule has 23 heavy (non-hydrogen) atoms. The molecular weight excluding hydrogens is 375 g/mol. The molecule has 4 nitrogen and oxygen atoms in total. The van der Waals surface area contributed by atoms with E-state index in [0.29, 0.717) is 24.3 Å². The van der Waals surface area contributed by atoms with Crippen molar-refractivity contribution in [3.63, 3.8) is 0 Å². The maximum atomic E-state index is 10.9. The fraction of sp³-hybridized carbons (Fsp3) is 0.250. The van der Waals surface area contributed by atoms with Crippen molar-refractivity contribution in [3.8, 4) is 0 Å². The zero-order valence-corrected chi connectivity index (χ0v) is 16.0. The van der Waals surface area contributed by atoms with Gasteiger partial charge < -0.3 is 9.47 Å². The second-order valence-corrected chi connectivity index (χ2v) is 6.44. The predicted octanol–water partition coefficient (Wildman–Crippen LogP) is 4.54. The van der Waals surface area contributed by atoms with Crippen LogP contribution in [0.15, 0.2) is 48.5 Å². The third-order valence-corrected chi connectivity index (χ3v) is 2.35. The van der Waals surface area contributed by atoms with Crippen LogP contribution in [0.3, 0.4) is 0 Å². The normalized spacial score (nSPS) is 8.70. The zero-order chi connectivity index (χ0) is 17.5. The fourth-order valence-corrected chi connectivity index (χ4v) is 1.45. The van der Waals surface area contributed by atoms with Gasteiger partial charge in [-0.25, -0.2) is 24.3 Å². The average Bonchev–Trinajstić information content (AvgIpc) is 3.23. The standard InChI is InChI=1S/2C8H9O2.2ClH.Ti/c2*1-2-10-8(9)7-5-3-4-6-7;;;/h2*3-6H,2H2,1H3;2*1H;/q2*-1;;;+2/p-2. The second kappa shape index (κ2) is 14.5. The Morgan fingerprint density at radius 2 is 1.09 bits per heavy atom. The van der Waals surface area contributed by atoms with Crippen molar-refractivity contribution < 1.29 is 36.1 Å². The Balaban J connectivity index is 0.000000360. The first kappa shape index (κ1) is 21.9. The molecule has 0 saturated heterocycles. The van der Waals surface area contributed by atoms with Crippen LogP contribution >= 0.6 is 18.6 Å². The molecule has 7 heteroatoms. The molecule has 0 aromatic heterocycles. The van der Waals surface area contributed by atoms with Crippen molar-refractivity contribution in [1.82, 2.24) is 0 Å². The van der Waals surface area contributed by atoms with Crippen molar-refractivity contribution >= 4 is 30.5 Å². The molecule has 0 saturated carbocycles. The van der Waals surface area contributed by atoms with Gasteiger partial charge >= 0.3 is 35.6 Å². The molecule has 2 aromatic carbocycles. The summed E-state index contributed by atoms with van der Waals surface area (Å²) in [4.78, 5) is 21.8. The van der Waals surface area contributed by atoms with E-state index in [1.54, 1.807) is 38.1 Å². The number of hydrogen-bond acceptors (Lipinski definition) is 4. The molecule has 0 heterocycles. The zero-order valence-electron chi connectivity index (χ0n) is 12.9. The molecule has 126 valence electrons. The molecule has 2 rings (SSSR count). The number of rotatable bonds is 4. The van der Waals surface area contributed by atoms with Gasteiger partial charge in [0.2, 0.25) is 0 Å². The summed E-state index contributed by atoms with van der Waals surface area (Å²) in [6.45, 7) is 4.45. The van der Waals surface area contributed by atoms with Crippen molar-refractivity contribution in [3.05, 3.63) is 59.7 Å². The van der Waals surface area contributed by atoms with Crippen LogP contribution in [0.4, 0.5) is 0 Å². The molecule has 0 spiro atoms. The molecule has 2 aromatic rings. The van der Waals surface area contributed by atoms with Crippen LogP contribution in [0.5, 0.6) is 0 Å². The Morgan fingerprint density at radius 3 is 1.30 bits per heavy atom. The van der Waals surface area contributed by atoms with Crippen molar-refractivity contribution in [2.75, 3.05) is 13.2 Å². The minimum absolute atomic E-state index is 0.243. The molecule has 0 aliphatic heterocycles. The van der Waals surface area contributed by atoms with E-state index < -0.39 is 17.0 Å². The first-order valence-corrected chi connectivity index (χ1v) is 11.1. The quantitative estimate of drug-likeness (QED) is 0.435. The second-order valence-electron chi connectivity index (χ2n) is 3.86. The third kappa shape index (κ3) is 10.3. The molecule has 0 N–H and O–H groups in total. The molecular formula is C16H18Cl2O4Ti-2. The van der Waals surface area contributed by atoms with Gasteiger partial charge in [0.15, 0.2) is 0 Å². The topological polar surface area (TPSA) is 52.6 Å². The van der Waals surface area contributed by atoms with Crippen LogP contribution in [-0.2, 0) is 26.5 Å². The van der Waals surface area contributed by atoms with E-state index in [2.05, 4.69) is 0 Å². The molecule has 0 unspecified atom stereocenters. The van der Waals surface area contributed by atoms with E-state index >= 15 is 0 Å². The van der Waals surface area contributed by atoms with E-state index in [1.807, 2.05) is 24.3 Å². The minimum atomic E-state index is -0.556. The number of ether oxygens (including phenoxy) is 2. The SMILES string of the molecule is CCOC(=O)[c-]1cccc1.CCOC(=O)[c-]1cccc1.[Cl][Ti][Cl]. The first-order chi connectivity index (χ1) is 11.1. The molecule has 0 aliphatic rings. The van der Waals surface area contributed by atoms with Crippen molar-refractivity contribution in [1.29, 1.82) is 0 Å². The van der Waals surface area contributed by atoms with Gasteiger partial charge in [0.05, 0.1) is 13.2 Å². The van der Waals surface area contributed by atoms with Gasteiger partial charge in [0.25, 0.3) is 11.9 Å². The number of carbonyl (C=O) groups is 2. The Hall–Kier alpha value is -1.07. The Labute approximate surface area is 153 Å². The van der Waals surface area contributed by atoms with E-state index in [9.17, 15) is 9.59 Å². The van der Waals surface area contributed by atoms with Crippen molar-refractivity contribution in [2.45, 2.75) is 13.8 Å². The summed E-state index contributed by atoms with van der Waals surface area (Å²) >= 11 is -0.556. The van der Waals surface area contributed by atoms with Crippen molar-refractivity contribution in [2.24, 2.45) is 0 Å². The first-order valence-electron chi connectivity index (χ1n) is 6.84. The number of carbonyl (C=O) groups excluding carboxylic acids is 2. The summed E-state index contributed by atoms with van der Waals surface area (Å²) in [6.07, 6.45) is 0. The van der Waals surface area contributed by atoms with Crippen LogP contribution in [0.1, 0.15) is 34.6 Å². The Morgan fingerprint density at radius 1 is 0.826 bits per heavy atom. The van der Waals surface area contributed by atoms with Gasteiger partial charge in [-0.1, -0.05) is 11.1 Å². The molecule has 0 bridgehead atoms. The van der Waals surface area contributed by atoms with Gasteiger partial charge in [-0.3, -0.25) is 9.59 Å². The van der Waals surface area contributed by atoms with Crippen LogP contribution in [0.25, 0.3) is 0 Å². The summed E-state index contributed by atoms with van der Waals surface area (Å²) in [5.41, 5.74) is 1.25.